The molecule has 1 aliphatic rings. The van der Waals surface area contributed by atoms with Crippen LogP contribution in [0, 0.1) is 0 Å². The lowest BCUT2D eigenvalue weighted by atomic mass is 10.1. The van der Waals surface area contributed by atoms with Gasteiger partial charge in [-0.2, -0.15) is 15.0 Å². The second-order valence-corrected chi connectivity index (χ2v) is 5.23. The first-order valence-corrected chi connectivity index (χ1v) is 7.04. The summed E-state index contributed by atoms with van der Waals surface area (Å²) in [6.07, 6.45) is 1.19. The van der Waals surface area contributed by atoms with Gasteiger partial charge in [-0.05, 0) is 20.3 Å². The molecule has 0 aromatic carbocycles. The van der Waals surface area contributed by atoms with E-state index in [9.17, 15) is 0 Å². The lowest BCUT2D eigenvalue weighted by molar-refractivity contribution is 0.118. The molecule has 0 bridgehead atoms. The number of ether oxygens (including phenoxy) is 1. The summed E-state index contributed by atoms with van der Waals surface area (Å²) in [5.41, 5.74) is 0. The number of likely N-dealkylation sites (N-methyl/N-ethyl adjacent to an activating group) is 1. The Kier molecular flexibility index (Phi) is 4.59. The summed E-state index contributed by atoms with van der Waals surface area (Å²) in [5.74, 6) is 1.95. The van der Waals surface area contributed by atoms with Crippen molar-refractivity contribution >= 4 is 17.8 Å². The van der Waals surface area contributed by atoms with Crippen molar-refractivity contribution in [3.05, 3.63) is 0 Å². The normalized spacial score (nSPS) is 21.9. The van der Waals surface area contributed by atoms with Crippen LogP contribution in [0.15, 0.2) is 0 Å². The number of rotatable bonds is 5. The molecule has 7 nitrogen and oxygen atoms in total. The molecule has 1 aromatic heterocycles. The Morgan fingerprint density at radius 2 is 1.90 bits per heavy atom. The Morgan fingerprint density at radius 3 is 2.45 bits per heavy atom. The number of hydrogen-bond acceptors (Lipinski definition) is 7. The van der Waals surface area contributed by atoms with Gasteiger partial charge >= 0.3 is 0 Å². The number of anilines is 3. The van der Waals surface area contributed by atoms with E-state index < -0.39 is 0 Å². The Labute approximate surface area is 120 Å². The highest BCUT2D eigenvalue weighted by Crippen LogP contribution is 2.23. The summed E-state index contributed by atoms with van der Waals surface area (Å²) in [6, 6.07) is 0.307. The molecule has 2 unspecified atom stereocenters. The SMILES string of the molecule is CCNc1nc(N(C)C)nc(N(C)C2CCOC2C)n1. The highest BCUT2D eigenvalue weighted by atomic mass is 16.5. The van der Waals surface area contributed by atoms with Crippen LogP contribution in [0.3, 0.4) is 0 Å². The number of nitrogens with zero attached hydrogens (tertiary/aromatic N) is 5. The Bertz CT molecular complexity index is 452. The van der Waals surface area contributed by atoms with Gasteiger partial charge in [-0.25, -0.2) is 0 Å². The lowest BCUT2D eigenvalue weighted by Crippen LogP contribution is -2.38. The summed E-state index contributed by atoms with van der Waals surface area (Å²) in [6.45, 7) is 5.69. The van der Waals surface area contributed by atoms with Crippen LogP contribution in [0.25, 0.3) is 0 Å². The van der Waals surface area contributed by atoms with E-state index in [4.69, 9.17) is 4.74 Å². The van der Waals surface area contributed by atoms with E-state index in [2.05, 4.69) is 32.1 Å². The Hall–Kier alpha value is -1.63. The van der Waals surface area contributed by atoms with Crippen molar-refractivity contribution in [3.8, 4) is 0 Å². The third-order valence-electron chi connectivity index (χ3n) is 3.50. The van der Waals surface area contributed by atoms with Crippen LogP contribution in [0.4, 0.5) is 17.8 Å². The van der Waals surface area contributed by atoms with E-state index >= 15 is 0 Å². The fourth-order valence-electron chi connectivity index (χ4n) is 2.33. The minimum atomic E-state index is 0.196. The number of aromatic nitrogens is 3. The Morgan fingerprint density at radius 1 is 1.20 bits per heavy atom. The lowest BCUT2D eigenvalue weighted by Gasteiger charge is -2.27. The highest BCUT2D eigenvalue weighted by Gasteiger charge is 2.29. The first-order chi connectivity index (χ1) is 9.52. The van der Waals surface area contributed by atoms with Crippen molar-refractivity contribution in [1.82, 2.24) is 15.0 Å². The molecule has 2 atom stereocenters. The molecule has 2 heterocycles. The molecule has 1 aliphatic heterocycles. The molecule has 20 heavy (non-hydrogen) atoms. The molecule has 2 rings (SSSR count). The average Bonchev–Trinajstić information content (AvgIpc) is 2.84. The molecule has 1 aromatic rings. The zero-order valence-corrected chi connectivity index (χ0v) is 12.9. The molecule has 0 aliphatic carbocycles. The van der Waals surface area contributed by atoms with E-state index in [0.29, 0.717) is 23.9 Å². The van der Waals surface area contributed by atoms with E-state index in [1.54, 1.807) is 0 Å². The maximum absolute atomic E-state index is 5.62. The molecule has 1 fully saturated rings. The number of hydrogen-bond donors (Lipinski definition) is 1. The van der Waals surface area contributed by atoms with Crippen LogP contribution in [0.2, 0.25) is 0 Å². The van der Waals surface area contributed by atoms with Crippen molar-refractivity contribution in [3.63, 3.8) is 0 Å². The first-order valence-electron chi connectivity index (χ1n) is 7.04. The summed E-state index contributed by atoms with van der Waals surface area (Å²) in [5, 5.41) is 3.15. The van der Waals surface area contributed by atoms with Gasteiger partial charge in [-0.15, -0.1) is 0 Å². The zero-order valence-electron chi connectivity index (χ0n) is 12.9. The monoisotopic (exact) mass is 280 g/mol. The van der Waals surface area contributed by atoms with Crippen LogP contribution < -0.4 is 15.1 Å². The molecular formula is C13H24N6O. The fraction of sp³-hybridized carbons (Fsp3) is 0.769. The topological polar surface area (TPSA) is 66.4 Å². The van der Waals surface area contributed by atoms with Gasteiger partial charge in [0.2, 0.25) is 17.8 Å². The predicted octanol–water partition coefficient (Wildman–Crippen LogP) is 0.983. The zero-order chi connectivity index (χ0) is 14.7. The molecule has 112 valence electrons. The smallest absolute Gasteiger partial charge is 0.232 e. The van der Waals surface area contributed by atoms with E-state index in [-0.39, 0.29) is 6.10 Å². The van der Waals surface area contributed by atoms with E-state index in [1.807, 2.05) is 33.0 Å². The van der Waals surface area contributed by atoms with Crippen LogP contribution in [-0.2, 0) is 4.74 Å². The van der Waals surface area contributed by atoms with Crippen LogP contribution in [0.1, 0.15) is 20.3 Å². The third kappa shape index (κ3) is 3.09. The van der Waals surface area contributed by atoms with Crippen molar-refractivity contribution in [1.29, 1.82) is 0 Å². The van der Waals surface area contributed by atoms with E-state index in [1.165, 1.54) is 0 Å². The van der Waals surface area contributed by atoms with Crippen molar-refractivity contribution in [2.45, 2.75) is 32.4 Å². The third-order valence-corrected chi connectivity index (χ3v) is 3.50. The van der Waals surface area contributed by atoms with Crippen molar-refractivity contribution in [2.75, 3.05) is 49.4 Å². The molecule has 0 amide bonds. The minimum absolute atomic E-state index is 0.196. The van der Waals surface area contributed by atoms with Gasteiger partial charge < -0.3 is 19.9 Å². The molecule has 0 saturated carbocycles. The molecule has 1 N–H and O–H groups in total. The molecule has 0 radical (unpaired) electrons. The second-order valence-electron chi connectivity index (χ2n) is 5.23. The molecule has 1 saturated heterocycles. The quantitative estimate of drug-likeness (QED) is 0.862. The van der Waals surface area contributed by atoms with Crippen molar-refractivity contribution in [2.24, 2.45) is 0 Å². The van der Waals surface area contributed by atoms with Gasteiger partial charge in [-0.3, -0.25) is 0 Å². The van der Waals surface area contributed by atoms with Gasteiger partial charge in [0, 0.05) is 34.3 Å². The molecule has 0 spiro atoms. The van der Waals surface area contributed by atoms with Gasteiger partial charge in [-0.1, -0.05) is 0 Å². The largest absolute Gasteiger partial charge is 0.376 e. The molecular weight excluding hydrogens is 256 g/mol. The maximum atomic E-state index is 5.62. The standard InChI is InChI=1S/C13H24N6O/c1-6-14-11-15-12(18(3)4)17-13(16-11)19(5)10-7-8-20-9(10)2/h9-10H,6-8H2,1-5H3,(H,14,15,16,17). The van der Waals surface area contributed by atoms with Crippen LogP contribution in [-0.4, -0.2) is 61.4 Å². The second kappa shape index (κ2) is 6.21. The summed E-state index contributed by atoms with van der Waals surface area (Å²) >= 11 is 0. The van der Waals surface area contributed by atoms with Crippen LogP contribution in [0.5, 0.6) is 0 Å². The maximum Gasteiger partial charge on any atom is 0.232 e. The summed E-state index contributed by atoms with van der Waals surface area (Å²) in [7, 11) is 5.87. The van der Waals surface area contributed by atoms with Gasteiger partial charge in [0.05, 0.1) is 12.1 Å². The molecule has 7 heteroatoms. The summed E-state index contributed by atoms with van der Waals surface area (Å²) < 4.78 is 5.62. The fourth-order valence-corrected chi connectivity index (χ4v) is 2.33. The van der Waals surface area contributed by atoms with E-state index in [0.717, 1.165) is 19.6 Å². The van der Waals surface area contributed by atoms with Crippen LogP contribution >= 0.6 is 0 Å². The Balaban J connectivity index is 2.29. The average molecular weight is 280 g/mol. The number of nitrogens with one attached hydrogen (secondary N) is 1. The first kappa shape index (κ1) is 14.8. The van der Waals surface area contributed by atoms with Crippen molar-refractivity contribution < 1.29 is 4.74 Å². The highest BCUT2D eigenvalue weighted by molar-refractivity contribution is 5.45. The summed E-state index contributed by atoms with van der Waals surface area (Å²) in [4.78, 5) is 17.4. The van der Waals surface area contributed by atoms with Gasteiger partial charge in [0.1, 0.15) is 0 Å². The van der Waals surface area contributed by atoms with Gasteiger partial charge in [0.15, 0.2) is 0 Å². The predicted molar refractivity (Wildman–Crippen MR) is 80.5 cm³/mol. The minimum Gasteiger partial charge on any atom is -0.376 e. The van der Waals surface area contributed by atoms with Gasteiger partial charge in [0.25, 0.3) is 0 Å².